The molecule has 128 valence electrons. The molecule has 1 heterocycles. The smallest absolute Gasteiger partial charge is 0.243 e. The van der Waals surface area contributed by atoms with Gasteiger partial charge in [-0.2, -0.15) is 0 Å². The van der Waals surface area contributed by atoms with Crippen LogP contribution in [0, 0.1) is 20.8 Å². The number of rotatable bonds is 4. The van der Waals surface area contributed by atoms with E-state index in [9.17, 15) is 9.59 Å². The first-order chi connectivity index (χ1) is 10.5. The maximum absolute atomic E-state index is 12.0. The third-order valence-electron chi connectivity index (χ3n) is 3.60. The van der Waals surface area contributed by atoms with Crippen LogP contribution >= 0.6 is 12.4 Å². The van der Waals surface area contributed by atoms with Gasteiger partial charge in [0.05, 0.1) is 19.8 Å². The number of amides is 2. The Morgan fingerprint density at radius 1 is 1.26 bits per heavy atom. The first-order valence-electron chi connectivity index (χ1n) is 7.44. The Balaban J connectivity index is 0.00000264. The van der Waals surface area contributed by atoms with Crippen molar-refractivity contribution < 1.29 is 14.3 Å². The molecule has 2 amide bonds. The van der Waals surface area contributed by atoms with Crippen LogP contribution in [0.3, 0.4) is 0 Å². The van der Waals surface area contributed by atoms with Crippen molar-refractivity contribution in [1.82, 2.24) is 10.6 Å². The predicted molar refractivity (Wildman–Crippen MR) is 92.2 cm³/mol. The van der Waals surface area contributed by atoms with Gasteiger partial charge in [0, 0.05) is 12.2 Å². The van der Waals surface area contributed by atoms with Crippen molar-refractivity contribution >= 4 is 29.9 Å². The van der Waals surface area contributed by atoms with Gasteiger partial charge < -0.3 is 20.7 Å². The normalized spacial score (nSPS) is 17.1. The number of benzene rings is 1. The van der Waals surface area contributed by atoms with Crippen LogP contribution in [0.2, 0.25) is 0 Å². The quantitative estimate of drug-likeness (QED) is 0.765. The summed E-state index contributed by atoms with van der Waals surface area (Å²) in [5.74, 6) is -0.452. The monoisotopic (exact) mass is 341 g/mol. The van der Waals surface area contributed by atoms with Crippen LogP contribution in [0.1, 0.15) is 16.7 Å². The standard InChI is InChI=1S/C16H23N3O3.ClH/c1-10-6-11(2)15(12(3)7-10)19-14(20)8-18-16(21)13-9-22-5-4-17-13;/h6-7,13,17H,4-5,8-9H2,1-3H3,(H,18,21)(H,19,20);1H. The van der Waals surface area contributed by atoms with Crippen molar-refractivity contribution in [3.8, 4) is 0 Å². The van der Waals surface area contributed by atoms with Gasteiger partial charge in [-0.1, -0.05) is 17.7 Å². The van der Waals surface area contributed by atoms with Gasteiger partial charge in [-0.15, -0.1) is 12.4 Å². The van der Waals surface area contributed by atoms with E-state index in [1.54, 1.807) is 0 Å². The molecule has 0 bridgehead atoms. The van der Waals surface area contributed by atoms with E-state index in [2.05, 4.69) is 16.0 Å². The topological polar surface area (TPSA) is 79.5 Å². The fourth-order valence-corrected chi connectivity index (χ4v) is 2.59. The van der Waals surface area contributed by atoms with E-state index in [0.29, 0.717) is 19.8 Å². The molecule has 0 aliphatic carbocycles. The van der Waals surface area contributed by atoms with Crippen LogP contribution in [-0.2, 0) is 14.3 Å². The summed E-state index contributed by atoms with van der Waals surface area (Å²) in [6.45, 7) is 7.47. The number of hydrogen-bond acceptors (Lipinski definition) is 4. The lowest BCUT2D eigenvalue weighted by Gasteiger charge is -2.22. The van der Waals surface area contributed by atoms with Crippen molar-refractivity contribution in [1.29, 1.82) is 0 Å². The number of anilines is 1. The minimum absolute atomic E-state index is 0. The Bertz CT molecular complexity index is 549. The van der Waals surface area contributed by atoms with Crippen molar-refractivity contribution in [3.05, 3.63) is 28.8 Å². The number of morpholine rings is 1. The minimum Gasteiger partial charge on any atom is -0.378 e. The van der Waals surface area contributed by atoms with E-state index in [1.165, 1.54) is 0 Å². The van der Waals surface area contributed by atoms with E-state index in [-0.39, 0.29) is 36.8 Å². The van der Waals surface area contributed by atoms with Gasteiger partial charge in [0.25, 0.3) is 0 Å². The van der Waals surface area contributed by atoms with Crippen molar-refractivity contribution in [3.63, 3.8) is 0 Å². The third kappa shape index (κ3) is 5.49. The van der Waals surface area contributed by atoms with E-state index in [0.717, 1.165) is 22.4 Å². The average Bonchev–Trinajstić information content (AvgIpc) is 2.49. The Kier molecular flexibility index (Phi) is 7.48. The van der Waals surface area contributed by atoms with Gasteiger partial charge in [0.15, 0.2) is 0 Å². The summed E-state index contributed by atoms with van der Waals surface area (Å²) in [5, 5.41) is 8.54. The number of nitrogens with one attached hydrogen (secondary N) is 3. The Morgan fingerprint density at radius 3 is 2.48 bits per heavy atom. The Morgan fingerprint density at radius 2 is 1.91 bits per heavy atom. The first kappa shape index (κ1) is 19.4. The second-order valence-electron chi connectivity index (χ2n) is 5.62. The highest BCUT2D eigenvalue weighted by Gasteiger charge is 2.21. The molecular weight excluding hydrogens is 318 g/mol. The molecule has 23 heavy (non-hydrogen) atoms. The molecule has 0 saturated carbocycles. The number of hydrogen-bond donors (Lipinski definition) is 3. The van der Waals surface area contributed by atoms with E-state index < -0.39 is 0 Å². The average molecular weight is 342 g/mol. The van der Waals surface area contributed by atoms with Gasteiger partial charge in [0.2, 0.25) is 11.8 Å². The van der Waals surface area contributed by atoms with Crippen LogP contribution in [0.4, 0.5) is 5.69 Å². The molecule has 1 aromatic rings. The fraction of sp³-hybridized carbons (Fsp3) is 0.500. The van der Waals surface area contributed by atoms with E-state index >= 15 is 0 Å². The molecule has 1 saturated heterocycles. The molecule has 0 spiro atoms. The maximum atomic E-state index is 12.0. The van der Waals surface area contributed by atoms with Crippen LogP contribution in [-0.4, -0.2) is 44.2 Å². The number of halogens is 1. The summed E-state index contributed by atoms with van der Waals surface area (Å²) in [6, 6.07) is 3.65. The lowest BCUT2D eigenvalue weighted by Crippen LogP contribution is -2.52. The maximum Gasteiger partial charge on any atom is 0.243 e. The number of aryl methyl sites for hydroxylation is 3. The van der Waals surface area contributed by atoms with Crippen LogP contribution < -0.4 is 16.0 Å². The molecule has 7 heteroatoms. The molecule has 0 radical (unpaired) electrons. The second kappa shape index (κ2) is 8.86. The molecule has 1 fully saturated rings. The van der Waals surface area contributed by atoms with Gasteiger partial charge in [-0.25, -0.2) is 0 Å². The van der Waals surface area contributed by atoms with Crippen molar-refractivity contribution in [2.45, 2.75) is 26.8 Å². The molecule has 1 aromatic carbocycles. The molecule has 0 aromatic heterocycles. The third-order valence-corrected chi connectivity index (χ3v) is 3.60. The molecule has 1 aliphatic heterocycles. The fourth-order valence-electron chi connectivity index (χ4n) is 2.59. The molecule has 3 N–H and O–H groups in total. The number of carbonyl (C=O) groups excluding carboxylic acids is 2. The van der Waals surface area contributed by atoms with Gasteiger partial charge in [0.1, 0.15) is 6.04 Å². The largest absolute Gasteiger partial charge is 0.378 e. The van der Waals surface area contributed by atoms with E-state index in [1.807, 2.05) is 32.9 Å². The SMILES string of the molecule is Cc1cc(C)c(NC(=O)CNC(=O)C2COCCN2)c(C)c1.Cl. The van der Waals surface area contributed by atoms with Crippen LogP contribution in [0.15, 0.2) is 12.1 Å². The predicted octanol–water partition coefficient (Wildman–Crippen LogP) is 1.08. The molecular formula is C16H24ClN3O3. The highest BCUT2D eigenvalue weighted by atomic mass is 35.5. The van der Waals surface area contributed by atoms with E-state index in [4.69, 9.17) is 4.74 Å². The molecule has 2 rings (SSSR count). The zero-order chi connectivity index (χ0) is 16.1. The summed E-state index contributed by atoms with van der Waals surface area (Å²) in [7, 11) is 0. The number of carbonyl (C=O) groups is 2. The Hall–Kier alpha value is -1.63. The van der Waals surface area contributed by atoms with Crippen LogP contribution in [0.5, 0.6) is 0 Å². The summed E-state index contributed by atoms with van der Waals surface area (Å²) in [5.41, 5.74) is 3.99. The zero-order valence-electron chi connectivity index (χ0n) is 13.7. The highest BCUT2D eigenvalue weighted by Crippen LogP contribution is 2.21. The molecule has 1 unspecified atom stereocenters. The highest BCUT2D eigenvalue weighted by molar-refractivity contribution is 5.96. The zero-order valence-corrected chi connectivity index (χ0v) is 14.5. The lowest BCUT2D eigenvalue weighted by atomic mass is 10.1. The summed E-state index contributed by atoms with van der Waals surface area (Å²) >= 11 is 0. The molecule has 1 aliphatic rings. The first-order valence-corrected chi connectivity index (χ1v) is 7.44. The van der Waals surface area contributed by atoms with Gasteiger partial charge in [-0.05, 0) is 31.9 Å². The summed E-state index contributed by atoms with van der Waals surface area (Å²) in [4.78, 5) is 23.9. The van der Waals surface area contributed by atoms with Crippen molar-refractivity contribution in [2.75, 3.05) is 31.6 Å². The van der Waals surface area contributed by atoms with Gasteiger partial charge in [-0.3, -0.25) is 9.59 Å². The molecule has 1 atom stereocenters. The number of ether oxygens (including phenoxy) is 1. The van der Waals surface area contributed by atoms with Gasteiger partial charge >= 0.3 is 0 Å². The summed E-state index contributed by atoms with van der Waals surface area (Å²) in [6.07, 6.45) is 0. The van der Waals surface area contributed by atoms with Crippen molar-refractivity contribution in [2.24, 2.45) is 0 Å². The van der Waals surface area contributed by atoms with Crippen LogP contribution in [0.25, 0.3) is 0 Å². The molecule has 6 nitrogen and oxygen atoms in total. The second-order valence-corrected chi connectivity index (χ2v) is 5.62. The lowest BCUT2D eigenvalue weighted by molar-refractivity contribution is -0.128. The Labute approximate surface area is 142 Å². The minimum atomic E-state index is -0.385. The summed E-state index contributed by atoms with van der Waals surface area (Å²) < 4.78 is 5.22.